The highest BCUT2D eigenvalue weighted by Crippen LogP contribution is 2.71. The molecule has 2 aliphatic carbocycles. The summed E-state index contributed by atoms with van der Waals surface area (Å²) in [6.07, 6.45) is 6.76. The third kappa shape index (κ3) is 3.63. The van der Waals surface area contributed by atoms with Gasteiger partial charge in [0.05, 0.1) is 12.2 Å². The van der Waals surface area contributed by atoms with Gasteiger partial charge in [-0.15, -0.1) is 0 Å². The molecule has 194 valence electrons. The number of fused-ring (bicyclic) bond motifs is 1. The van der Waals surface area contributed by atoms with E-state index >= 15 is 0 Å². The van der Waals surface area contributed by atoms with E-state index in [2.05, 4.69) is 27.4 Å². The quantitative estimate of drug-likeness (QED) is 0.633. The average molecular weight is 502 g/mol. The minimum absolute atomic E-state index is 0.0000560. The van der Waals surface area contributed by atoms with Crippen LogP contribution in [0.2, 0.25) is 0 Å². The number of carbonyl (C=O) groups excluding carboxylic acids is 2. The number of nitrogens with one attached hydrogen (secondary N) is 2. The maximum Gasteiger partial charge on any atom is 0.253 e. The van der Waals surface area contributed by atoms with Crippen LogP contribution in [0.15, 0.2) is 30.5 Å². The second kappa shape index (κ2) is 8.45. The molecule has 1 aromatic heterocycles. The number of pyridine rings is 1. The molecule has 8 heteroatoms. The van der Waals surface area contributed by atoms with Gasteiger partial charge in [-0.3, -0.25) is 9.59 Å². The fraction of sp³-hybridized carbons (Fsp3) is 0.552. The number of amides is 2. The maximum absolute atomic E-state index is 13.2. The van der Waals surface area contributed by atoms with Crippen LogP contribution in [0.5, 0.6) is 5.75 Å². The molecule has 4 fully saturated rings. The van der Waals surface area contributed by atoms with Gasteiger partial charge in [0.25, 0.3) is 11.8 Å². The summed E-state index contributed by atoms with van der Waals surface area (Å²) < 4.78 is 5.76. The molecule has 2 saturated heterocycles. The van der Waals surface area contributed by atoms with Gasteiger partial charge < -0.3 is 25.2 Å². The third-order valence-electron chi connectivity index (χ3n) is 9.56. The zero-order valence-electron chi connectivity index (χ0n) is 21.6. The molecule has 5 aliphatic rings. The number of hydrogen-bond acceptors (Lipinski definition) is 6. The number of hydrogen-bond donors (Lipinski definition) is 2. The summed E-state index contributed by atoms with van der Waals surface area (Å²) in [5, 5.41) is 6.48. The van der Waals surface area contributed by atoms with Crippen LogP contribution in [0.1, 0.15) is 64.4 Å². The molecular weight excluding hydrogens is 466 g/mol. The molecule has 3 aliphatic heterocycles. The number of aromatic nitrogens is 1. The predicted molar refractivity (Wildman–Crippen MR) is 140 cm³/mol. The number of likely N-dealkylation sites (N-methyl/N-ethyl adjacent to an activating group) is 1. The van der Waals surface area contributed by atoms with E-state index in [1.54, 1.807) is 6.20 Å². The van der Waals surface area contributed by atoms with Gasteiger partial charge in [-0.1, -0.05) is 13.0 Å². The van der Waals surface area contributed by atoms with E-state index < -0.39 is 0 Å². The van der Waals surface area contributed by atoms with Gasteiger partial charge in [0.15, 0.2) is 0 Å². The normalized spacial score (nSPS) is 31.1. The van der Waals surface area contributed by atoms with Crippen LogP contribution in [-0.4, -0.2) is 72.1 Å². The van der Waals surface area contributed by atoms with E-state index in [4.69, 9.17) is 9.72 Å². The molecule has 2 saturated carbocycles. The van der Waals surface area contributed by atoms with Crippen molar-refractivity contribution in [2.75, 3.05) is 31.1 Å². The number of rotatable bonds is 6. The minimum Gasteiger partial charge on any atom is -0.493 e. The zero-order valence-corrected chi connectivity index (χ0v) is 21.6. The highest BCUT2D eigenvalue weighted by atomic mass is 16.5. The molecule has 5 atom stereocenters. The van der Waals surface area contributed by atoms with Gasteiger partial charge in [0.1, 0.15) is 11.6 Å². The number of benzene rings is 1. The van der Waals surface area contributed by atoms with Gasteiger partial charge in [-0.05, 0) is 62.9 Å². The Labute approximate surface area is 217 Å². The monoisotopic (exact) mass is 501 g/mol. The summed E-state index contributed by atoms with van der Waals surface area (Å²) in [7, 11) is 0. The van der Waals surface area contributed by atoms with Crippen LogP contribution in [0, 0.1) is 12.3 Å². The Morgan fingerprint density at radius 3 is 2.76 bits per heavy atom. The Bertz CT molecular complexity index is 1260. The van der Waals surface area contributed by atoms with Gasteiger partial charge in [-0.2, -0.15) is 0 Å². The van der Waals surface area contributed by atoms with Crippen molar-refractivity contribution in [3.05, 3.63) is 52.7 Å². The van der Waals surface area contributed by atoms with Crippen LogP contribution >= 0.6 is 0 Å². The fourth-order valence-corrected chi connectivity index (χ4v) is 7.49. The summed E-state index contributed by atoms with van der Waals surface area (Å²) in [5.41, 5.74) is 3.80. The van der Waals surface area contributed by atoms with Crippen LogP contribution in [-0.2, 0) is 6.42 Å². The van der Waals surface area contributed by atoms with Crippen molar-refractivity contribution in [2.45, 2.75) is 70.1 Å². The first-order chi connectivity index (χ1) is 18.0. The lowest BCUT2D eigenvalue weighted by Crippen LogP contribution is -2.53. The topological polar surface area (TPSA) is 86.8 Å². The number of nitrogens with zero attached hydrogens (tertiary/aromatic N) is 3. The average Bonchev–Trinajstić information content (AvgIpc) is 3.32. The number of likely N-dealkylation sites (tertiary alicyclic amines) is 1. The minimum atomic E-state index is -0.0396. The van der Waals surface area contributed by atoms with Gasteiger partial charge >= 0.3 is 0 Å². The predicted octanol–water partition coefficient (Wildman–Crippen LogP) is 2.69. The molecule has 1 aromatic carbocycles. The van der Waals surface area contributed by atoms with Crippen LogP contribution < -0.4 is 20.3 Å². The fourth-order valence-electron chi connectivity index (χ4n) is 7.49. The molecule has 1 spiro atoms. The first kappa shape index (κ1) is 23.0. The second-order valence-electron chi connectivity index (χ2n) is 11.6. The molecular formula is C29H35N5O3. The van der Waals surface area contributed by atoms with Crippen molar-refractivity contribution >= 4 is 17.6 Å². The highest BCUT2D eigenvalue weighted by Gasteiger charge is 2.76. The largest absolute Gasteiger partial charge is 0.493 e. The Hall–Kier alpha value is -3.13. The Kier molecular flexibility index (Phi) is 5.26. The van der Waals surface area contributed by atoms with Gasteiger partial charge in [0.2, 0.25) is 0 Å². The molecule has 4 heterocycles. The molecule has 2 N–H and O–H groups in total. The van der Waals surface area contributed by atoms with E-state index in [1.165, 1.54) is 5.56 Å². The molecule has 2 amide bonds. The summed E-state index contributed by atoms with van der Waals surface area (Å²) >= 11 is 0. The summed E-state index contributed by atoms with van der Waals surface area (Å²) in [6, 6.07) is 9.15. The molecule has 5 unspecified atom stereocenters. The van der Waals surface area contributed by atoms with E-state index in [0.29, 0.717) is 29.7 Å². The Morgan fingerprint density at radius 1 is 1.11 bits per heavy atom. The lowest BCUT2D eigenvalue weighted by Gasteiger charge is -2.44. The van der Waals surface area contributed by atoms with E-state index in [0.717, 1.165) is 74.4 Å². The van der Waals surface area contributed by atoms with Crippen molar-refractivity contribution in [3.8, 4) is 5.75 Å². The molecule has 37 heavy (non-hydrogen) atoms. The Balaban J connectivity index is 0.982. The summed E-state index contributed by atoms with van der Waals surface area (Å²) in [5.74, 6) is 1.79. The number of ether oxygens (including phenoxy) is 1. The SMILES string of the molecule is CCN1CCC(NC(=O)c2ccc(N3C4CC(NC(=O)c5ccc6c(c5C)OCC6)CC45CC35)nc2)C1. The van der Waals surface area contributed by atoms with E-state index in [-0.39, 0.29) is 23.9 Å². The van der Waals surface area contributed by atoms with Crippen molar-refractivity contribution in [1.29, 1.82) is 0 Å². The highest BCUT2D eigenvalue weighted by molar-refractivity contribution is 5.97. The summed E-state index contributed by atoms with van der Waals surface area (Å²) in [4.78, 5) is 35.4. The second-order valence-corrected chi connectivity index (χ2v) is 11.6. The van der Waals surface area contributed by atoms with Crippen molar-refractivity contribution < 1.29 is 14.3 Å². The first-order valence-corrected chi connectivity index (χ1v) is 13.8. The molecule has 8 nitrogen and oxygen atoms in total. The van der Waals surface area contributed by atoms with Gasteiger partial charge in [-0.25, -0.2) is 4.98 Å². The van der Waals surface area contributed by atoms with Crippen LogP contribution in [0.25, 0.3) is 0 Å². The number of carbonyl (C=O) groups is 2. The zero-order chi connectivity index (χ0) is 25.3. The van der Waals surface area contributed by atoms with Crippen molar-refractivity contribution in [3.63, 3.8) is 0 Å². The van der Waals surface area contributed by atoms with E-state index in [9.17, 15) is 9.59 Å². The lowest BCUT2D eigenvalue weighted by molar-refractivity contribution is 0.0928. The molecule has 0 bridgehead atoms. The van der Waals surface area contributed by atoms with Crippen molar-refractivity contribution in [2.24, 2.45) is 5.41 Å². The third-order valence-corrected chi connectivity index (χ3v) is 9.56. The molecule has 2 aromatic rings. The smallest absolute Gasteiger partial charge is 0.253 e. The van der Waals surface area contributed by atoms with Crippen LogP contribution in [0.3, 0.4) is 0 Å². The molecule has 7 rings (SSSR count). The first-order valence-electron chi connectivity index (χ1n) is 13.8. The van der Waals surface area contributed by atoms with E-state index in [1.807, 2.05) is 31.2 Å². The maximum atomic E-state index is 13.2. The molecule has 0 radical (unpaired) electrons. The standard InChI is InChI=1S/C29H35N5O3/c1-3-33-10-8-20(16-33)31-27(35)19-5-7-25(30-15-19)34-23-12-21(13-29(23)14-24(29)34)32-28(36)22-6-4-18-9-11-37-26(18)17(22)2/h4-7,15,20-21,23-24H,3,8-14,16H2,1-2H3,(H,31,35)(H,32,36). The summed E-state index contributed by atoms with van der Waals surface area (Å²) in [6.45, 7) is 7.82. The van der Waals surface area contributed by atoms with Crippen molar-refractivity contribution in [1.82, 2.24) is 20.5 Å². The van der Waals surface area contributed by atoms with Crippen LogP contribution in [0.4, 0.5) is 5.82 Å². The lowest BCUT2D eigenvalue weighted by atomic mass is 9.90. The van der Waals surface area contributed by atoms with Gasteiger partial charge in [0, 0.05) is 66.4 Å². The number of anilines is 1. The Morgan fingerprint density at radius 2 is 1.97 bits per heavy atom.